The van der Waals surface area contributed by atoms with Crippen molar-refractivity contribution in [2.75, 3.05) is 11.1 Å². The van der Waals surface area contributed by atoms with E-state index in [2.05, 4.69) is 36.1 Å². The minimum atomic E-state index is 0.305. The minimum absolute atomic E-state index is 0.305. The zero-order valence-electron chi connectivity index (χ0n) is 11.1. The third kappa shape index (κ3) is 2.51. The number of nitrogen functional groups attached to an aromatic ring is 1. The summed E-state index contributed by atoms with van der Waals surface area (Å²) in [5.74, 6) is 3.44. The Kier molecular flexibility index (Phi) is 3.22. The van der Waals surface area contributed by atoms with Gasteiger partial charge in [0.15, 0.2) is 0 Å². The maximum Gasteiger partial charge on any atom is 0.135 e. The molecule has 0 aromatic carbocycles. The topological polar surface area (TPSA) is 63.8 Å². The van der Waals surface area contributed by atoms with Crippen LogP contribution in [-0.2, 0) is 0 Å². The van der Waals surface area contributed by atoms with E-state index < -0.39 is 0 Å². The Morgan fingerprint density at radius 2 is 2.12 bits per heavy atom. The predicted octanol–water partition coefficient (Wildman–Crippen LogP) is 2.70. The van der Waals surface area contributed by atoms with Gasteiger partial charge in [0.2, 0.25) is 0 Å². The van der Waals surface area contributed by atoms with Crippen LogP contribution in [0.5, 0.6) is 0 Å². The molecule has 1 aliphatic rings. The summed E-state index contributed by atoms with van der Waals surface area (Å²) in [5.41, 5.74) is 6.90. The third-order valence-corrected chi connectivity index (χ3v) is 3.49. The van der Waals surface area contributed by atoms with Gasteiger partial charge < -0.3 is 11.1 Å². The fraction of sp³-hybridized carbons (Fsp3) is 0.692. The smallest absolute Gasteiger partial charge is 0.135 e. The Morgan fingerprint density at radius 3 is 2.65 bits per heavy atom. The van der Waals surface area contributed by atoms with Crippen molar-refractivity contribution in [2.24, 2.45) is 5.92 Å². The van der Waals surface area contributed by atoms with Crippen molar-refractivity contribution < 1.29 is 0 Å². The van der Waals surface area contributed by atoms with Crippen molar-refractivity contribution in [3.63, 3.8) is 0 Å². The zero-order chi connectivity index (χ0) is 12.6. The average molecular weight is 234 g/mol. The summed E-state index contributed by atoms with van der Waals surface area (Å²) in [6.45, 7) is 8.37. The molecule has 2 rings (SSSR count). The molecule has 0 radical (unpaired) electrons. The minimum Gasteiger partial charge on any atom is -0.383 e. The van der Waals surface area contributed by atoms with Crippen LogP contribution in [0, 0.1) is 12.8 Å². The molecule has 17 heavy (non-hydrogen) atoms. The van der Waals surface area contributed by atoms with E-state index in [0.29, 0.717) is 17.8 Å². The molecule has 3 N–H and O–H groups in total. The van der Waals surface area contributed by atoms with E-state index in [1.54, 1.807) is 0 Å². The first kappa shape index (κ1) is 12.1. The van der Waals surface area contributed by atoms with Gasteiger partial charge in [0.25, 0.3) is 0 Å². The largest absolute Gasteiger partial charge is 0.383 e. The normalized spacial score (nSPS) is 22.9. The predicted molar refractivity (Wildman–Crippen MR) is 71.1 cm³/mol. The van der Waals surface area contributed by atoms with Gasteiger partial charge >= 0.3 is 0 Å². The summed E-state index contributed by atoms with van der Waals surface area (Å²) in [5, 5.41) is 3.49. The SMILES string of the molecule is CCC1CC1Nc1nc(C(C)C)nc(N)c1C. The van der Waals surface area contributed by atoms with E-state index in [4.69, 9.17) is 5.73 Å². The van der Waals surface area contributed by atoms with Gasteiger partial charge in [-0.3, -0.25) is 0 Å². The number of nitrogens with one attached hydrogen (secondary N) is 1. The molecule has 4 heteroatoms. The lowest BCUT2D eigenvalue weighted by atomic mass is 10.2. The molecule has 1 aromatic heterocycles. The molecule has 4 nitrogen and oxygen atoms in total. The fourth-order valence-electron chi connectivity index (χ4n) is 2.00. The second-order valence-electron chi connectivity index (χ2n) is 5.25. The lowest BCUT2D eigenvalue weighted by Crippen LogP contribution is -2.12. The molecule has 0 bridgehead atoms. The fourth-order valence-corrected chi connectivity index (χ4v) is 2.00. The number of hydrogen-bond acceptors (Lipinski definition) is 4. The van der Waals surface area contributed by atoms with Crippen LogP contribution in [0.25, 0.3) is 0 Å². The number of aromatic nitrogens is 2. The van der Waals surface area contributed by atoms with E-state index in [1.165, 1.54) is 12.8 Å². The highest BCUT2D eigenvalue weighted by molar-refractivity contribution is 5.56. The molecule has 0 spiro atoms. The van der Waals surface area contributed by atoms with Gasteiger partial charge in [-0.2, -0.15) is 0 Å². The summed E-state index contributed by atoms with van der Waals surface area (Å²) < 4.78 is 0. The number of hydrogen-bond donors (Lipinski definition) is 2. The Labute approximate surface area is 103 Å². The first-order valence-corrected chi connectivity index (χ1v) is 6.43. The molecular formula is C13H22N4. The quantitative estimate of drug-likeness (QED) is 0.840. The molecular weight excluding hydrogens is 212 g/mol. The van der Waals surface area contributed by atoms with Gasteiger partial charge in [0.05, 0.1) is 0 Å². The molecule has 0 saturated heterocycles. The maximum absolute atomic E-state index is 5.93. The molecule has 0 aliphatic heterocycles. The van der Waals surface area contributed by atoms with E-state index in [1.807, 2.05) is 6.92 Å². The van der Waals surface area contributed by atoms with Crippen molar-refractivity contribution in [3.05, 3.63) is 11.4 Å². The Bertz CT molecular complexity index is 414. The van der Waals surface area contributed by atoms with Crippen LogP contribution in [0.2, 0.25) is 0 Å². The summed E-state index contributed by atoms with van der Waals surface area (Å²) >= 11 is 0. The van der Waals surface area contributed by atoms with E-state index in [9.17, 15) is 0 Å². The van der Waals surface area contributed by atoms with Crippen LogP contribution >= 0.6 is 0 Å². The Morgan fingerprint density at radius 1 is 1.41 bits per heavy atom. The van der Waals surface area contributed by atoms with Crippen molar-refractivity contribution >= 4 is 11.6 Å². The second-order valence-corrected chi connectivity index (χ2v) is 5.25. The van der Waals surface area contributed by atoms with Gasteiger partial charge in [0, 0.05) is 17.5 Å². The number of anilines is 2. The van der Waals surface area contributed by atoms with Gasteiger partial charge in [-0.25, -0.2) is 9.97 Å². The summed E-state index contributed by atoms with van der Waals surface area (Å²) in [7, 11) is 0. The van der Waals surface area contributed by atoms with Crippen LogP contribution in [0.1, 0.15) is 50.9 Å². The lowest BCUT2D eigenvalue weighted by molar-refractivity contribution is 0.759. The van der Waals surface area contributed by atoms with Crippen LogP contribution in [0.3, 0.4) is 0 Å². The van der Waals surface area contributed by atoms with Gasteiger partial charge in [-0.1, -0.05) is 27.2 Å². The van der Waals surface area contributed by atoms with E-state index in [-0.39, 0.29) is 0 Å². The summed E-state index contributed by atoms with van der Waals surface area (Å²) in [6.07, 6.45) is 2.48. The first-order valence-electron chi connectivity index (χ1n) is 6.43. The molecule has 0 amide bonds. The third-order valence-electron chi connectivity index (χ3n) is 3.49. The number of nitrogens with two attached hydrogens (primary N) is 1. The van der Waals surface area contributed by atoms with Crippen LogP contribution in [0.15, 0.2) is 0 Å². The van der Waals surface area contributed by atoms with E-state index >= 15 is 0 Å². The molecule has 94 valence electrons. The highest BCUT2D eigenvalue weighted by Gasteiger charge is 2.35. The summed E-state index contributed by atoms with van der Waals surface area (Å²) in [4.78, 5) is 8.91. The highest BCUT2D eigenvalue weighted by Crippen LogP contribution is 2.36. The van der Waals surface area contributed by atoms with Crippen LogP contribution in [-0.4, -0.2) is 16.0 Å². The van der Waals surface area contributed by atoms with Gasteiger partial charge in [0.1, 0.15) is 17.5 Å². The Hall–Kier alpha value is -1.32. The highest BCUT2D eigenvalue weighted by atomic mass is 15.1. The molecule has 2 atom stereocenters. The lowest BCUT2D eigenvalue weighted by Gasteiger charge is -2.13. The molecule has 1 heterocycles. The van der Waals surface area contributed by atoms with Crippen molar-refractivity contribution in [1.29, 1.82) is 0 Å². The molecule has 2 unspecified atom stereocenters. The van der Waals surface area contributed by atoms with Crippen molar-refractivity contribution in [1.82, 2.24) is 9.97 Å². The number of rotatable bonds is 4. The zero-order valence-corrected chi connectivity index (χ0v) is 11.1. The average Bonchev–Trinajstić information content (AvgIpc) is 3.02. The van der Waals surface area contributed by atoms with Crippen molar-refractivity contribution in [2.45, 2.75) is 52.5 Å². The molecule has 1 aromatic rings. The molecule has 1 saturated carbocycles. The molecule has 1 aliphatic carbocycles. The standard InChI is InChI=1S/C13H22N4/c1-5-9-6-10(9)15-13-8(4)11(14)16-12(17-13)7(2)3/h7,9-10H,5-6H2,1-4H3,(H3,14,15,16,17). The summed E-state index contributed by atoms with van der Waals surface area (Å²) in [6, 6.07) is 0.577. The van der Waals surface area contributed by atoms with Gasteiger partial charge in [-0.05, 0) is 19.3 Å². The van der Waals surface area contributed by atoms with Crippen molar-refractivity contribution in [3.8, 4) is 0 Å². The maximum atomic E-state index is 5.93. The second kappa shape index (κ2) is 4.51. The monoisotopic (exact) mass is 234 g/mol. The van der Waals surface area contributed by atoms with Crippen LogP contribution < -0.4 is 11.1 Å². The van der Waals surface area contributed by atoms with Crippen LogP contribution in [0.4, 0.5) is 11.6 Å². The molecule has 1 fully saturated rings. The van der Waals surface area contributed by atoms with E-state index in [0.717, 1.165) is 23.1 Å². The van der Waals surface area contributed by atoms with Gasteiger partial charge in [-0.15, -0.1) is 0 Å². The number of nitrogens with zero attached hydrogens (tertiary/aromatic N) is 2. The first-order chi connectivity index (χ1) is 8.02. The Balaban J connectivity index is 2.20.